The molecule has 0 saturated carbocycles. The van der Waals surface area contributed by atoms with Crippen LogP contribution < -0.4 is 0 Å². The second kappa shape index (κ2) is 6.87. The van der Waals surface area contributed by atoms with Gasteiger partial charge in [0.05, 0.1) is 19.3 Å². The van der Waals surface area contributed by atoms with Gasteiger partial charge in [-0.15, -0.1) is 0 Å². The standard InChI is InChI=1S/C14H20N2O3/c1-10(2)12(14(18)19-4)13(17)16(3)9-11-7-5-6-8-15-11/h5-8,10,12H,9H2,1-4H3. The lowest BCUT2D eigenvalue weighted by Crippen LogP contribution is -2.40. The molecule has 0 aliphatic heterocycles. The van der Waals surface area contributed by atoms with E-state index in [1.165, 1.54) is 12.0 Å². The Morgan fingerprint density at radius 2 is 2.05 bits per heavy atom. The number of carbonyl (C=O) groups is 2. The van der Waals surface area contributed by atoms with E-state index in [-0.39, 0.29) is 11.8 Å². The van der Waals surface area contributed by atoms with Crippen molar-refractivity contribution >= 4 is 11.9 Å². The highest BCUT2D eigenvalue weighted by molar-refractivity contribution is 5.97. The van der Waals surface area contributed by atoms with E-state index < -0.39 is 11.9 Å². The van der Waals surface area contributed by atoms with Crippen LogP contribution in [-0.2, 0) is 20.9 Å². The van der Waals surface area contributed by atoms with Crippen molar-refractivity contribution in [2.75, 3.05) is 14.2 Å². The number of ether oxygens (including phenoxy) is 1. The van der Waals surface area contributed by atoms with Gasteiger partial charge in [-0.3, -0.25) is 14.6 Å². The van der Waals surface area contributed by atoms with Crippen molar-refractivity contribution in [1.82, 2.24) is 9.88 Å². The predicted molar refractivity (Wildman–Crippen MR) is 71.1 cm³/mol. The number of amides is 1. The Labute approximate surface area is 113 Å². The molecule has 0 spiro atoms. The molecule has 0 saturated heterocycles. The lowest BCUT2D eigenvalue weighted by atomic mass is 9.94. The SMILES string of the molecule is COC(=O)C(C(=O)N(C)Cc1ccccn1)C(C)C. The number of methoxy groups -OCH3 is 1. The quantitative estimate of drug-likeness (QED) is 0.597. The number of hydrogen-bond donors (Lipinski definition) is 0. The molecular formula is C14H20N2O3. The van der Waals surface area contributed by atoms with Gasteiger partial charge >= 0.3 is 5.97 Å². The van der Waals surface area contributed by atoms with Crippen molar-refractivity contribution in [2.45, 2.75) is 20.4 Å². The predicted octanol–water partition coefficient (Wildman–Crippen LogP) is 1.49. The summed E-state index contributed by atoms with van der Waals surface area (Å²) in [4.78, 5) is 29.6. The summed E-state index contributed by atoms with van der Waals surface area (Å²) in [5.74, 6) is -1.61. The van der Waals surface area contributed by atoms with Crippen LogP contribution in [-0.4, -0.2) is 35.9 Å². The van der Waals surface area contributed by atoms with Gasteiger partial charge in [0, 0.05) is 13.2 Å². The van der Waals surface area contributed by atoms with Crippen LogP contribution in [0.2, 0.25) is 0 Å². The monoisotopic (exact) mass is 264 g/mol. The molecule has 19 heavy (non-hydrogen) atoms. The van der Waals surface area contributed by atoms with Crippen molar-refractivity contribution in [3.05, 3.63) is 30.1 Å². The number of esters is 1. The van der Waals surface area contributed by atoms with E-state index in [9.17, 15) is 9.59 Å². The van der Waals surface area contributed by atoms with Crippen molar-refractivity contribution in [2.24, 2.45) is 11.8 Å². The summed E-state index contributed by atoms with van der Waals surface area (Å²) in [5, 5.41) is 0. The maximum atomic E-state index is 12.3. The fourth-order valence-corrected chi connectivity index (χ4v) is 1.84. The third-order valence-corrected chi connectivity index (χ3v) is 2.89. The summed E-state index contributed by atoms with van der Waals surface area (Å²) >= 11 is 0. The molecule has 1 atom stereocenters. The first-order valence-corrected chi connectivity index (χ1v) is 6.20. The summed E-state index contributed by atoms with van der Waals surface area (Å²) in [7, 11) is 2.96. The van der Waals surface area contributed by atoms with Crippen LogP contribution in [0.25, 0.3) is 0 Å². The molecule has 1 heterocycles. The fourth-order valence-electron chi connectivity index (χ4n) is 1.84. The first-order chi connectivity index (χ1) is 8.97. The molecule has 5 heteroatoms. The number of aromatic nitrogens is 1. The average Bonchev–Trinajstić information content (AvgIpc) is 2.39. The second-order valence-electron chi connectivity index (χ2n) is 4.76. The van der Waals surface area contributed by atoms with Crippen molar-refractivity contribution in [1.29, 1.82) is 0 Å². The zero-order valence-electron chi connectivity index (χ0n) is 11.8. The van der Waals surface area contributed by atoms with Crippen molar-refractivity contribution in [3.8, 4) is 0 Å². The van der Waals surface area contributed by atoms with Crippen molar-refractivity contribution in [3.63, 3.8) is 0 Å². The van der Waals surface area contributed by atoms with E-state index in [0.717, 1.165) is 5.69 Å². The highest BCUT2D eigenvalue weighted by Gasteiger charge is 2.33. The number of rotatable bonds is 5. The van der Waals surface area contributed by atoms with E-state index in [1.807, 2.05) is 32.0 Å². The maximum Gasteiger partial charge on any atom is 0.318 e. The zero-order valence-corrected chi connectivity index (χ0v) is 11.8. The smallest absolute Gasteiger partial charge is 0.318 e. The Bertz CT molecular complexity index is 432. The molecule has 0 bridgehead atoms. The summed E-state index contributed by atoms with van der Waals surface area (Å²) in [6.07, 6.45) is 1.67. The lowest BCUT2D eigenvalue weighted by Gasteiger charge is -2.24. The van der Waals surface area contributed by atoms with Crippen LogP contribution >= 0.6 is 0 Å². The third-order valence-electron chi connectivity index (χ3n) is 2.89. The summed E-state index contributed by atoms with van der Waals surface area (Å²) in [5.41, 5.74) is 0.783. The molecule has 0 fully saturated rings. The highest BCUT2D eigenvalue weighted by Crippen LogP contribution is 2.16. The second-order valence-corrected chi connectivity index (χ2v) is 4.76. The topological polar surface area (TPSA) is 59.5 Å². The van der Waals surface area contributed by atoms with E-state index in [1.54, 1.807) is 13.2 Å². The number of nitrogens with zero attached hydrogens (tertiary/aromatic N) is 2. The fraction of sp³-hybridized carbons (Fsp3) is 0.500. The molecule has 1 rings (SSSR count). The Morgan fingerprint density at radius 3 is 2.53 bits per heavy atom. The summed E-state index contributed by atoms with van der Waals surface area (Å²) in [6, 6.07) is 5.52. The van der Waals surface area contributed by atoms with Gasteiger partial charge in [0.2, 0.25) is 5.91 Å². The van der Waals surface area contributed by atoms with Gasteiger partial charge in [-0.05, 0) is 18.1 Å². The molecule has 1 unspecified atom stereocenters. The van der Waals surface area contributed by atoms with Crippen LogP contribution in [0.1, 0.15) is 19.5 Å². The lowest BCUT2D eigenvalue weighted by molar-refractivity contribution is -0.155. The molecule has 1 aromatic heterocycles. The summed E-state index contributed by atoms with van der Waals surface area (Å²) < 4.78 is 4.69. The van der Waals surface area contributed by atoms with Crippen LogP contribution in [0, 0.1) is 11.8 Å². The highest BCUT2D eigenvalue weighted by atomic mass is 16.5. The number of hydrogen-bond acceptors (Lipinski definition) is 4. The molecule has 5 nitrogen and oxygen atoms in total. The minimum Gasteiger partial charge on any atom is -0.468 e. The largest absolute Gasteiger partial charge is 0.468 e. The van der Waals surface area contributed by atoms with Crippen molar-refractivity contribution < 1.29 is 14.3 Å². The van der Waals surface area contributed by atoms with Crippen LogP contribution in [0.4, 0.5) is 0 Å². The molecule has 0 aromatic carbocycles. The molecule has 104 valence electrons. The first kappa shape index (κ1) is 15.1. The van der Waals surface area contributed by atoms with E-state index >= 15 is 0 Å². The molecule has 1 amide bonds. The van der Waals surface area contributed by atoms with Gasteiger partial charge in [-0.25, -0.2) is 0 Å². The Hall–Kier alpha value is -1.91. The van der Waals surface area contributed by atoms with Gasteiger partial charge in [-0.2, -0.15) is 0 Å². The minimum atomic E-state index is -0.765. The molecule has 0 N–H and O–H groups in total. The van der Waals surface area contributed by atoms with Gasteiger partial charge in [0.1, 0.15) is 5.92 Å². The van der Waals surface area contributed by atoms with E-state index in [2.05, 4.69) is 4.98 Å². The molecule has 0 aliphatic carbocycles. The van der Waals surface area contributed by atoms with Gasteiger partial charge in [0.15, 0.2) is 0 Å². The Balaban J connectivity index is 2.77. The third kappa shape index (κ3) is 4.05. The van der Waals surface area contributed by atoms with E-state index in [0.29, 0.717) is 6.54 Å². The van der Waals surface area contributed by atoms with Crippen LogP contribution in [0.5, 0.6) is 0 Å². The van der Waals surface area contributed by atoms with Gasteiger partial charge < -0.3 is 9.64 Å². The maximum absolute atomic E-state index is 12.3. The normalized spacial score (nSPS) is 12.1. The van der Waals surface area contributed by atoms with E-state index in [4.69, 9.17) is 4.74 Å². The zero-order chi connectivity index (χ0) is 14.4. The molecule has 0 aliphatic rings. The van der Waals surface area contributed by atoms with Crippen LogP contribution in [0.15, 0.2) is 24.4 Å². The number of carbonyl (C=O) groups excluding carboxylic acids is 2. The van der Waals surface area contributed by atoms with Gasteiger partial charge in [-0.1, -0.05) is 19.9 Å². The summed E-state index contributed by atoms with van der Waals surface area (Å²) in [6.45, 7) is 4.03. The Morgan fingerprint density at radius 1 is 1.37 bits per heavy atom. The van der Waals surface area contributed by atoms with Gasteiger partial charge in [0.25, 0.3) is 0 Å². The first-order valence-electron chi connectivity index (χ1n) is 6.20. The Kier molecular flexibility index (Phi) is 5.48. The average molecular weight is 264 g/mol. The van der Waals surface area contributed by atoms with Crippen LogP contribution in [0.3, 0.4) is 0 Å². The minimum absolute atomic E-state index is 0.105. The molecule has 0 radical (unpaired) electrons. The molecular weight excluding hydrogens is 244 g/mol. The molecule has 1 aromatic rings. The number of pyridine rings is 1.